The zero-order valence-electron chi connectivity index (χ0n) is 9.45. The molecule has 0 saturated carbocycles. The number of benzene rings is 2. The third kappa shape index (κ3) is 3.19. The standard InChI is InChI=1S/C13H8Br3NO2/c14-7-3-2-6-10(18)11(7)13(19)17-9-5-1-4-8(15)12(9)16/h1-6,18H,(H,17,19). The fourth-order valence-corrected chi connectivity index (χ4v) is 2.79. The number of phenols is 1. The van der Waals surface area contributed by atoms with E-state index in [1.807, 2.05) is 12.1 Å². The van der Waals surface area contributed by atoms with Crippen LogP contribution in [0.25, 0.3) is 0 Å². The molecule has 0 fully saturated rings. The predicted octanol–water partition coefficient (Wildman–Crippen LogP) is 4.93. The van der Waals surface area contributed by atoms with Gasteiger partial charge in [-0.15, -0.1) is 0 Å². The van der Waals surface area contributed by atoms with E-state index in [0.717, 1.165) is 8.95 Å². The van der Waals surface area contributed by atoms with E-state index in [0.29, 0.717) is 10.2 Å². The Bertz CT molecular complexity index is 624. The SMILES string of the molecule is O=C(Nc1cccc(Br)c1Br)c1c(O)cccc1Br. The molecule has 0 saturated heterocycles. The van der Waals surface area contributed by atoms with Gasteiger partial charge in [-0.1, -0.05) is 12.1 Å². The number of hydrogen-bond donors (Lipinski definition) is 2. The number of hydrogen-bond acceptors (Lipinski definition) is 2. The van der Waals surface area contributed by atoms with Crippen LogP contribution in [0.15, 0.2) is 49.8 Å². The Morgan fingerprint density at radius 2 is 1.63 bits per heavy atom. The Morgan fingerprint density at radius 1 is 1.00 bits per heavy atom. The highest BCUT2D eigenvalue weighted by atomic mass is 79.9. The highest BCUT2D eigenvalue weighted by molar-refractivity contribution is 9.13. The van der Waals surface area contributed by atoms with Crippen molar-refractivity contribution in [2.45, 2.75) is 0 Å². The molecule has 2 rings (SSSR count). The quantitative estimate of drug-likeness (QED) is 0.682. The van der Waals surface area contributed by atoms with Gasteiger partial charge in [0.25, 0.3) is 5.91 Å². The van der Waals surface area contributed by atoms with Gasteiger partial charge in [-0.25, -0.2) is 0 Å². The summed E-state index contributed by atoms with van der Waals surface area (Å²) in [6.45, 7) is 0. The summed E-state index contributed by atoms with van der Waals surface area (Å²) >= 11 is 10.00. The van der Waals surface area contributed by atoms with Crippen molar-refractivity contribution in [1.29, 1.82) is 0 Å². The van der Waals surface area contributed by atoms with Crippen molar-refractivity contribution in [2.75, 3.05) is 5.32 Å². The summed E-state index contributed by atoms with van der Waals surface area (Å²) < 4.78 is 2.12. The molecule has 98 valence electrons. The number of nitrogens with one attached hydrogen (secondary N) is 1. The molecule has 2 aromatic rings. The number of anilines is 1. The zero-order valence-corrected chi connectivity index (χ0v) is 14.2. The molecule has 3 nitrogen and oxygen atoms in total. The van der Waals surface area contributed by atoms with E-state index in [9.17, 15) is 9.90 Å². The molecule has 1 amide bonds. The molecular formula is C13H8Br3NO2. The monoisotopic (exact) mass is 447 g/mol. The number of halogens is 3. The molecule has 0 heterocycles. The molecule has 0 aliphatic heterocycles. The molecule has 0 aliphatic carbocycles. The summed E-state index contributed by atoms with van der Waals surface area (Å²) in [5.74, 6) is -0.457. The van der Waals surface area contributed by atoms with E-state index in [4.69, 9.17) is 0 Å². The first-order chi connectivity index (χ1) is 9.00. The van der Waals surface area contributed by atoms with Gasteiger partial charge in [-0.3, -0.25) is 4.79 Å². The minimum Gasteiger partial charge on any atom is -0.507 e. The number of rotatable bonds is 2. The average molecular weight is 450 g/mol. The third-order valence-corrected chi connectivity index (χ3v) is 5.13. The number of amides is 1. The molecule has 0 bridgehead atoms. The van der Waals surface area contributed by atoms with E-state index < -0.39 is 0 Å². The molecule has 0 aliphatic rings. The topological polar surface area (TPSA) is 49.3 Å². The lowest BCUT2D eigenvalue weighted by Gasteiger charge is -2.10. The Hall–Kier alpha value is -0.850. The van der Waals surface area contributed by atoms with Crippen LogP contribution in [0, 0.1) is 0 Å². The van der Waals surface area contributed by atoms with Gasteiger partial charge in [0.2, 0.25) is 0 Å². The summed E-state index contributed by atoms with van der Waals surface area (Å²) in [6.07, 6.45) is 0. The van der Waals surface area contributed by atoms with Gasteiger partial charge >= 0.3 is 0 Å². The summed E-state index contributed by atoms with van der Waals surface area (Å²) in [6, 6.07) is 10.3. The molecule has 0 aromatic heterocycles. The van der Waals surface area contributed by atoms with Crippen LogP contribution < -0.4 is 5.32 Å². The lowest BCUT2D eigenvalue weighted by atomic mass is 10.2. The van der Waals surface area contributed by atoms with Crippen molar-refractivity contribution >= 4 is 59.4 Å². The van der Waals surface area contributed by atoms with Crippen molar-refractivity contribution in [3.05, 3.63) is 55.4 Å². The van der Waals surface area contributed by atoms with Gasteiger partial charge in [0.05, 0.1) is 15.7 Å². The Kier molecular flexibility index (Phi) is 4.65. The van der Waals surface area contributed by atoms with E-state index in [1.54, 1.807) is 18.2 Å². The average Bonchev–Trinajstić information content (AvgIpc) is 2.35. The molecule has 2 N–H and O–H groups in total. The molecule has 2 aromatic carbocycles. The van der Waals surface area contributed by atoms with Crippen LogP contribution in [0.2, 0.25) is 0 Å². The number of aromatic hydroxyl groups is 1. The van der Waals surface area contributed by atoms with E-state index in [1.165, 1.54) is 6.07 Å². The van der Waals surface area contributed by atoms with Crippen molar-refractivity contribution in [3.8, 4) is 5.75 Å². The van der Waals surface area contributed by atoms with Crippen molar-refractivity contribution in [3.63, 3.8) is 0 Å². The maximum Gasteiger partial charge on any atom is 0.260 e. The third-order valence-electron chi connectivity index (χ3n) is 2.42. The fraction of sp³-hybridized carbons (Fsp3) is 0. The van der Waals surface area contributed by atoms with E-state index in [-0.39, 0.29) is 17.2 Å². The lowest BCUT2D eigenvalue weighted by Crippen LogP contribution is -2.13. The van der Waals surface area contributed by atoms with E-state index in [2.05, 4.69) is 53.1 Å². The second kappa shape index (κ2) is 6.07. The normalized spacial score (nSPS) is 10.3. The molecule has 19 heavy (non-hydrogen) atoms. The van der Waals surface area contributed by atoms with Crippen LogP contribution in [0.3, 0.4) is 0 Å². The number of phenolic OH excluding ortho intramolecular Hbond substituents is 1. The molecule has 0 unspecified atom stereocenters. The predicted molar refractivity (Wildman–Crippen MR) is 85.6 cm³/mol. The number of carbonyl (C=O) groups excluding carboxylic acids is 1. The molecule has 6 heteroatoms. The van der Waals surface area contributed by atoms with Gasteiger partial charge in [0, 0.05) is 8.95 Å². The lowest BCUT2D eigenvalue weighted by molar-refractivity contribution is 0.102. The van der Waals surface area contributed by atoms with E-state index >= 15 is 0 Å². The van der Waals surface area contributed by atoms with Gasteiger partial charge in [-0.2, -0.15) is 0 Å². The first-order valence-corrected chi connectivity index (χ1v) is 7.61. The van der Waals surface area contributed by atoms with Crippen molar-refractivity contribution in [1.82, 2.24) is 0 Å². The van der Waals surface area contributed by atoms with Crippen LogP contribution >= 0.6 is 47.8 Å². The van der Waals surface area contributed by atoms with Crippen molar-refractivity contribution < 1.29 is 9.90 Å². The first-order valence-electron chi connectivity index (χ1n) is 5.23. The number of carbonyl (C=O) groups is 1. The Balaban J connectivity index is 2.34. The van der Waals surface area contributed by atoms with Gasteiger partial charge < -0.3 is 10.4 Å². The largest absolute Gasteiger partial charge is 0.507 e. The minimum atomic E-state index is -0.385. The zero-order chi connectivity index (χ0) is 14.0. The van der Waals surface area contributed by atoms with Gasteiger partial charge in [0.1, 0.15) is 5.75 Å². The maximum absolute atomic E-state index is 12.2. The highest BCUT2D eigenvalue weighted by Gasteiger charge is 2.16. The second-order valence-electron chi connectivity index (χ2n) is 3.69. The summed E-state index contributed by atoms with van der Waals surface area (Å²) in [4.78, 5) is 12.2. The summed E-state index contributed by atoms with van der Waals surface area (Å²) in [7, 11) is 0. The fourth-order valence-electron chi connectivity index (χ4n) is 1.52. The minimum absolute atomic E-state index is 0.0713. The van der Waals surface area contributed by atoms with Crippen LogP contribution in [0.4, 0.5) is 5.69 Å². The van der Waals surface area contributed by atoms with Gasteiger partial charge in [-0.05, 0) is 72.1 Å². The second-order valence-corrected chi connectivity index (χ2v) is 6.19. The van der Waals surface area contributed by atoms with Crippen LogP contribution in [0.5, 0.6) is 5.75 Å². The van der Waals surface area contributed by atoms with Crippen LogP contribution in [0.1, 0.15) is 10.4 Å². The van der Waals surface area contributed by atoms with Crippen LogP contribution in [-0.2, 0) is 0 Å². The van der Waals surface area contributed by atoms with Crippen molar-refractivity contribution in [2.24, 2.45) is 0 Å². The molecular weight excluding hydrogens is 442 g/mol. The first kappa shape index (κ1) is 14.6. The smallest absolute Gasteiger partial charge is 0.260 e. The Labute approximate surface area is 135 Å². The molecule has 0 spiro atoms. The summed E-state index contributed by atoms with van der Waals surface area (Å²) in [5, 5.41) is 12.5. The molecule has 0 atom stereocenters. The Morgan fingerprint density at radius 3 is 2.32 bits per heavy atom. The summed E-state index contributed by atoms with van der Waals surface area (Å²) in [5.41, 5.74) is 0.823. The van der Waals surface area contributed by atoms with Crippen LogP contribution in [-0.4, -0.2) is 11.0 Å². The highest BCUT2D eigenvalue weighted by Crippen LogP contribution is 2.32. The maximum atomic E-state index is 12.2. The van der Waals surface area contributed by atoms with Gasteiger partial charge in [0.15, 0.2) is 0 Å². The molecule has 0 radical (unpaired) electrons.